The Kier molecular flexibility index (Phi) is 14.5. The van der Waals surface area contributed by atoms with Gasteiger partial charge in [-0.15, -0.1) is 0 Å². The van der Waals surface area contributed by atoms with Gasteiger partial charge in [-0.1, -0.05) is 89.7 Å². The van der Waals surface area contributed by atoms with Crippen LogP contribution in [0.25, 0.3) is 0 Å². The van der Waals surface area contributed by atoms with Crippen molar-refractivity contribution < 1.29 is 19.1 Å². The van der Waals surface area contributed by atoms with Crippen molar-refractivity contribution in [2.24, 2.45) is 0 Å². The van der Waals surface area contributed by atoms with Gasteiger partial charge in [-0.25, -0.2) is 0 Å². The molecule has 0 N–H and O–H groups in total. The van der Waals surface area contributed by atoms with Crippen LogP contribution in [0.4, 0.5) is 0 Å². The molecule has 0 saturated heterocycles. The molecule has 0 unspecified atom stereocenters. The van der Waals surface area contributed by atoms with E-state index in [2.05, 4.69) is 6.92 Å². The summed E-state index contributed by atoms with van der Waals surface area (Å²) < 4.78 is 11.5. The van der Waals surface area contributed by atoms with Crippen molar-refractivity contribution in [3.8, 4) is 11.5 Å². The highest BCUT2D eigenvalue weighted by Gasteiger charge is 2.23. The maximum Gasteiger partial charge on any atom is 0.260 e. The molecule has 1 aliphatic heterocycles. The molecule has 0 aromatic heterocycles. The molecule has 206 valence electrons. The lowest BCUT2D eigenvalue weighted by atomic mass is 10.1. The fraction of sp³-hybridized carbons (Fsp3) is 0.613. The van der Waals surface area contributed by atoms with Crippen LogP contribution in [0.5, 0.6) is 11.5 Å². The second-order valence-electron chi connectivity index (χ2n) is 9.98. The Morgan fingerprint density at radius 2 is 1.54 bits per heavy atom. The molecule has 0 saturated carbocycles. The van der Waals surface area contributed by atoms with Crippen LogP contribution >= 0.6 is 0 Å². The molecule has 0 aliphatic carbocycles. The van der Waals surface area contributed by atoms with Crippen molar-refractivity contribution in [1.82, 2.24) is 9.80 Å². The molecule has 0 radical (unpaired) electrons. The Morgan fingerprint density at radius 3 is 2.11 bits per heavy atom. The van der Waals surface area contributed by atoms with E-state index in [1.54, 1.807) is 25.3 Å². The van der Waals surface area contributed by atoms with E-state index in [9.17, 15) is 9.59 Å². The molecular weight excluding hydrogens is 464 g/mol. The van der Waals surface area contributed by atoms with Gasteiger partial charge in [0.2, 0.25) is 5.91 Å². The number of amides is 2. The largest absolute Gasteiger partial charge is 0.493 e. The number of allylic oxidation sites excluding steroid dienone is 2. The zero-order valence-corrected chi connectivity index (χ0v) is 23.6. The van der Waals surface area contributed by atoms with Crippen molar-refractivity contribution in [2.45, 2.75) is 90.9 Å². The Balaban J connectivity index is 1.79. The highest BCUT2D eigenvalue weighted by atomic mass is 16.5. The molecule has 37 heavy (non-hydrogen) atoms. The number of carbonyl (C=O) groups is 2. The molecule has 1 aliphatic rings. The van der Waals surface area contributed by atoms with E-state index in [1.165, 1.54) is 76.0 Å². The number of nitrogens with zero attached hydrogens (tertiary/aromatic N) is 2. The molecule has 1 aromatic carbocycles. The third kappa shape index (κ3) is 11.0. The molecule has 2 rings (SSSR count). The van der Waals surface area contributed by atoms with Crippen LogP contribution in [0.2, 0.25) is 0 Å². The molecule has 1 heterocycles. The van der Waals surface area contributed by atoms with Gasteiger partial charge < -0.3 is 14.4 Å². The molecule has 6 heteroatoms. The van der Waals surface area contributed by atoms with Gasteiger partial charge in [-0.3, -0.25) is 14.5 Å². The van der Waals surface area contributed by atoms with E-state index in [4.69, 9.17) is 9.47 Å². The number of methoxy groups -OCH3 is 1. The monoisotopic (exact) mass is 512 g/mol. The molecular formula is C31H48N2O4. The van der Waals surface area contributed by atoms with Gasteiger partial charge in [-0.05, 0) is 30.7 Å². The quantitative estimate of drug-likeness (QED) is 0.196. The number of rotatable bonds is 18. The fourth-order valence-electron chi connectivity index (χ4n) is 4.51. The first-order chi connectivity index (χ1) is 18.0. The standard InChI is InChI=1S/C31H48N2O4/c1-5-6-7-8-9-10-11-12-13-14-15-18-23-37-30-24-27(20-21-29(30)36-4)31(35)33(26(2)34)25-28-19-16-17-22-32(28)3/h16-17,19-21,24H,5-15,18,22-23,25H2,1-4H3. The first-order valence-electron chi connectivity index (χ1n) is 14.2. The van der Waals surface area contributed by atoms with Crippen molar-refractivity contribution in [1.29, 1.82) is 0 Å². The molecule has 1 aromatic rings. The van der Waals surface area contributed by atoms with Gasteiger partial charge in [0.25, 0.3) is 5.91 Å². The summed E-state index contributed by atoms with van der Waals surface area (Å²) in [5.41, 5.74) is 1.33. The van der Waals surface area contributed by atoms with E-state index < -0.39 is 0 Å². The minimum absolute atomic E-state index is 0.232. The Morgan fingerprint density at radius 1 is 0.919 bits per heavy atom. The third-order valence-corrected chi connectivity index (χ3v) is 6.91. The second kappa shape index (κ2) is 17.7. The number of hydrogen-bond acceptors (Lipinski definition) is 5. The zero-order chi connectivity index (χ0) is 26.9. The number of imide groups is 1. The van der Waals surface area contributed by atoms with Crippen molar-refractivity contribution in [3.05, 3.63) is 47.7 Å². The average molecular weight is 513 g/mol. The van der Waals surface area contributed by atoms with Gasteiger partial charge in [0.15, 0.2) is 11.5 Å². The summed E-state index contributed by atoms with van der Waals surface area (Å²) in [7, 11) is 3.54. The lowest BCUT2D eigenvalue weighted by molar-refractivity contribution is -0.126. The van der Waals surface area contributed by atoms with E-state index in [-0.39, 0.29) is 18.4 Å². The van der Waals surface area contributed by atoms with E-state index in [0.29, 0.717) is 23.7 Å². The van der Waals surface area contributed by atoms with Crippen LogP contribution in [-0.4, -0.2) is 55.5 Å². The van der Waals surface area contributed by atoms with Gasteiger partial charge in [0, 0.05) is 31.8 Å². The lowest BCUT2D eigenvalue weighted by Gasteiger charge is -2.28. The first kappa shape index (κ1) is 30.5. The summed E-state index contributed by atoms with van der Waals surface area (Å²) in [4.78, 5) is 28.9. The maximum atomic E-state index is 13.3. The van der Waals surface area contributed by atoms with Crippen LogP contribution < -0.4 is 9.47 Å². The van der Waals surface area contributed by atoms with E-state index >= 15 is 0 Å². The third-order valence-electron chi connectivity index (χ3n) is 6.91. The Hall–Kier alpha value is -2.76. The van der Waals surface area contributed by atoms with Gasteiger partial charge in [0.1, 0.15) is 0 Å². The van der Waals surface area contributed by atoms with Crippen LogP contribution in [0, 0.1) is 0 Å². The normalized spacial score (nSPS) is 12.9. The zero-order valence-electron chi connectivity index (χ0n) is 23.6. The number of unbranched alkanes of at least 4 members (excludes halogenated alkanes) is 11. The van der Waals surface area contributed by atoms with E-state index in [0.717, 1.165) is 25.1 Å². The predicted molar refractivity (Wildman–Crippen MR) is 151 cm³/mol. The number of ether oxygens (including phenoxy) is 2. The Bertz CT molecular complexity index is 893. The molecule has 0 bridgehead atoms. The summed E-state index contributed by atoms with van der Waals surface area (Å²) >= 11 is 0. The van der Waals surface area contributed by atoms with Gasteiger partial charge in [0.05, 0.1) is 20.3 Å². The number of carbonyl (C=O) groups excluding carboxylic acids is 2. The average Bonchev–Trinajstić information content (AvgIpc) is 2.90. The summed E-state index contributed by atoms with van der Waals surface area (Å²) in [5.74, 6) is 0.499. The molecule has 0 atom stereocenters. The van der Waals surface area contributed by atoms with Crippen molar-refractivity contribution in [2.75, 3.05) is 33.9 Å². The topological polar surface area (TPSA) is 59.1 Å². The van der Waals surface area contributed by atoms with Crippen molar-refractivity contribution in [3.63, 3.8) is 0 Å². The number of benzene rings is 1. The highest BCUT2D eigenvalue weighted by molar-refractivity contribution is 6.04. The lowest BCUT2D eigenvalue weighted by Crippen LogP contribution is -2.39. The number of likely N-dealkylation sites (N-methyl/N-ethyl adjacent to an activating group) is 1. The van der Waals surface area contributed by atoms with Gasteiger partial charge >= 0.3 is 0 Å². The Labute approximate surface area is 224 Å². The molecule has 0 spiro atoms. The molecule has 6 nitrogen and oxygen atoms in total. The summed E-state index contributed by atoms with van der Waals surface area (Å²) in [6.45, 7) is 5.25. The second-order valence-corrected chi connectivity index (χ2v) is 9.98. The minimum Gasteiger partial charge on any atom is -0.493 e. The van der Waals surface area contributed by atoms with Crippen LogP contribution in [-0.2, 0) is 4.79 Å². The smallest absolute Gasteiger partial charge is 0.260 e. The van der Waals surface area contributed by atoms with Crippen molar-refractivity contribution >= 4 is 11.8 Å². The summed E-state index contributed by atoms with van der Waals surface area (Å²) in [6.07, 6.45) is 21.4. The highest BCUT2D eigenvalue weighted by Crippen LogP contribution is 2.29. The summed E-state index contributed by atoms with van der Waals surface area (Å²) in [5, 5.41) is 0. The van der Waals surface area contributed by atoms with Gasteiger partial charge in [-0.2, -0.15) is 0 Å². The maximum absolute atomic E-state index is 13.3. The van der Waals surface area contributed by atoms with Crippen LogP contribution in [0.15, 0.2) is 42.1 Å². The van der Waals surface area contributed by atoms with Crippen LogP contribution in [0.3, 0.4) is 0 Å². The summed E-state index contributed by atoms with van der Waals surface area (Å²) in [6, 6.07) is 5.11. The molecule has 2 amide bonds. The fourth-order valence-corrected chi connectivity index (χ4v) is 4.51. The molecule has 0 fully saturated rings. The SMILES string of the molecule is CCCCCCCCCCCCCCOc1cc(C(=O)N(CC2=CC=CCN2C)C(C)=O)ccc1OC. The van der Waals surface area contributed by atoms with Crippen LogP contribution in [0.1, 0.15) is 101 Å². The van der Waals surface area contributed by atoms with E-state index in [1.807, 2.05) is 30.2 Å². The minimum atomic E-state index is -0.339. The predicted octanol–water partition coefficient (Wildman–Crippen LogP) is 7.15. The number of hydrogen-bond donors (Lipinski definition) is 0. The first-order valence-corrected chi connectivity index (χ1v) is 14.2.